The Bertz CT molecular complexity index is 733. The summed E-state index contributed by atoms with van der Waals surface area (Å²) in [6, 6.07) is 11.1. The van der Waals surface area contributed by atoms with Gasteiger partial charge in [-0.2, -0.15) is 0 Å². The van der Waals surface area contributed by atoms with Crippen LogP contribution < -0.4 is 14.4 Å². The lowest BCUT2D eigenvalue weighted by atomic mass is 10.2. The van der Waals surface area contributed by atoms with Gasteiger partial charge < -0.3 is 19.3 Å². The number of carbonyl (C=O) groups is 1. The summed E-state index contributed by atoms with van der Waals surface area (Å²) < 4.78 is 11.6. The predicted molar refractivity (Wildman–Crippen MR) is 91.9 cm³/mol. The SMILES string of the molecule is CN(C[C@H]1COc2ccccc2O1)C(=O)c1ccnc(N(C)C)c1. The van der Waals surface area contributed by atoms with Gasteiger partial charge in [0.2, 0.25) is 0 Å². The van der Waals surface area contributed by atoms with E-state index >= 15 is 0 Å². The number of hydrogen-bond acceptors (Lipinski definition) is 5. The molecule has 3 rings (SSSR count). The molecule has 0 fully saturated rings. The number of amides is 1. The molecule has 1 amide bonds. The van der Waals surface area contributed by atoms with Gasteiger partial charge in [-0.15, -0.1) is 0 Å². The molecule has 0 unspecified atom stereocenters. The summed E-state index contributed by atoms with van der Waals surface area (Å²) in [7, 11) is 5.55. The highest BCUT2D eigenvalue weighted by Gasteiger charge is 2.24. The Morgan fingerprint density at radius 3 is 2.71 bits per heavy atom. The fraction of sp³-hybridized carbons (Fsp3) is 0.333. The molecule has 6 heteroatoms. The smallest absolute Gasteiger partial charge is 0.253 e. The number of hydrogen-bond donors (Lipinski definition) is 0. The number of anilines is 1. The number of para-hydroxylation sites is 2. The molecule has 2 heterocycles. The fourth-order valence-corrected chi connectivity index (χ4v) is 2.56. The minimum atomic E-state index is -0.191. The molecule has 1 atom stereocenters. The number of benzene rings is 1. The molecule has 126 valence electrons. The lowest BCUT2D eigenvalue weighted by Gasteiger charge is -2.29. The summed E-state index contributed by atoms with van der Waals surface area (Å²) in [5.41, 5.74) is 0.605. The Hall–Kier alpha value is -2.76. The summed E-state index contributed by atoms with van der Waals surface area (Å²) in [4.78, 5) is 20.4. The van der Waals surface area contributed by atoms with E-state index in [0.29, 0.717) is 24.5 Å². The van der Waals surface area contributed by atoms with E-state index in [4.69, 9.17) is 9.47 Å². The van der Waals surface area contributed by atoms with E-state index in [9.17, 15) is 4.79 Å². The molecule has 0 radical (unpaired) electrons. The van der Waals surface area contributed by atoms with E-state index in [0.717, 1.165) is 11.6 Å². The standard InChI is InChI=1S/C18H21N3O3/c1-20(2)17-10-13(8-9-19-17)18(22)21(3)11-14-12-23-15-6-4-5-7-16(15)24-14/h4-10,14H,11-12H2,1-3H3/t14-/m0/s1. The van der Waals surface area contributed by atoms with E-state index in [1.165, 1.54) is 0 Å². The van der Waals surface area contributed by atoms with Gasteiger partial charge in [-0.25, -0.2) is 4.98 Å². The van der Waals surface area contributed by atoms with Crippen molar-refractivity contribution in [2.45, 2.75) is 6.10 Å². The van der Waals surface area contributed by atoms with Crippen LogP contribution in [0.1, 0.15) is 10.4 Å². The van der Waals surface area contributed by atoms with Gasteiger partial charge >= 0.3 is 0 Å². The first-order valence-corrected chi connectivity index (χ1v) is 7.82. The highest BCUT2D eigenvalue weighted by Crippen LogP contribution is 2.31. The molecule has 1 aliphatic heterocycles. The Balaban J connectivity index is 1.66. The largest absolute Gasteiger partial charge is 0.486 e. The van der Waals surface area contributed by atoms with Crippen LogP contribution in [0.2, 0.25) is 0 Å². The van der Waals surface area contributed by atoms with E-state index in [1.54, 1.807) is 30.3 Å². The zero-order valence-corrected chi connectivity index (χ0v) is 14.1. The van der Waals surface area contributed by atoms with Crippen LogP contribution in [-0.4, -0.2) is 56.2 Å². The number of likely N-dealkylation sites (N-methyl/N-ethyl adjacent to an activating group) is 1. The van der Waals surface area contributed by atoms with Crippen LogP contribution in [0, 0.1) is 0 Å². The normalized spacial score (nSPS) is 15.7. The van der Waals surface area contributed by atoms with Gasteiger partial charge in [-0.05, 0) is 24.3 Å². The first-order valence-electron chi connectivity index (χ1n) is 7.82. The van der Waals surface area contributed by atoms with Gasteiger partial charge in [-0.3, -0.25) is 4.79 Å². The molecule has 0 saturated heterocycles. The number of rotatable bonds is 4. The van der Waals surface area contributed by atoms with E-state index in [1.807, 2.05) is 43.3 Å². The lowest BCUT2D eigenvalue weighted by Crippen LogP contribution is -2.41. The minimum Gasteiger partial charge on any atom is -0.486 e. The van der Waals surface area contributed by atoms with E-state index < -0.39 is 0 Å². The molecule has 0 spiro atoms. The average molecular weight is 327 g/mol. The molecule has 0 bridgehead atoms. The van der Waals surface area contributed by atoms with Crippen LogP contribution in [0.4, 0.5) is 5.82 Å². The van der Waals surface area contributed by atoms with Crippen molar-refractivity contribution in [1.29, 1.82) is 0 Å². The molecule has 24 heavy (non-hydrogen) atoms. The predicted octanol–water partition coefficient (Wildman–Crippen LogP) is 2.06. The van der Waals surface area contributed by atoms with Crippen LogP contribution in [0.5, 0.6) is 11.5 Å². The second-order valence-corrected chi connectivity index (χ2v) is 5.98. The van der Waals surface area contributed by atoms with Gasteiger partial charge in [0.05, 0.1) is 6.54 Å². The second kappa shape index (κ2) is 6.78. The van der Waals surface area contributed by atoms with Crippen molar-refractivity contribution in [1.82, 2.24) is 9.88 Å². The van der Waals surface area contributed by atoms with Crippen molar-refractivity contribution in [3.8, 4) is 11.5 Å². The summed E-state index contributed by atoms with van der Waals surface area (Å²) in [6.07, 6.45) is 1.45. The molecule has 6 nitrogen and oxygen atoms in total. The van der Waals surface area contributed by atoms with Crippen molar-refractivity contribution in [3.05, 3.63) is 48.2 Å². The van der Waals surface area contributed by atoms with Gasteiger partial charge in [0.15, 0.2) is 17.6 Å². The summed E-state index contributed by atoms with van der Waals surface area (Å²) in [5.74, 6) is 2.14. The minimum absolute atomic E-state index is 0.0667. The van der Waals surface area contributed by atoms with Crippen LogP contribution in [0.25, 0.3) is 0 Å². The Labute approximate surface area is 141 Å². The molecule has 1 aliphatic rings. The summed E-state index contributed by atoms with van der Waals surface area (Å²) in [6.45, 7) is 0.876. The van der Waals surface area contributed by atoms with Crippen LogP contribution in [-0.2, 0) is 0 Å². The maximum absolute atomic E-state index is 12.6. The number of pyridine rings is 1. The molecular weight excluding hydrogens is 306 g/mol. The Morgan fingerprint density at radius 1 is 1.21 bits per heavy atom. The number of aromatic nitrogens is 1. The van der Waals surface area contributed by atoms with E-state index in [2.05, 4.69) is 4.98 Å². The van der Waals surface area contributed by atoms with Crippen LogP contribution >= 0.6 is 0 Å². The van der Waals surface area contributed by atoms with Gasteiger partial charge in [0, 0.05) is 32.9 Å². The maximum atomic E-state index is 12.6. The molecule has 0 N–H and O–H groups in total. The highest BCUT2D eigenvalue weighted by atomic mass is 16.6. The first kappa shape index (κ1) is 16.1. The molecule has 0 saturated carbocycles. The Kier molecular flexibility index (Phi) is 4.55. The monoisotopic (exact) mass is 327 g/mol. The highest BCUT2D eigenvalue weighted by molar-refractivity contribution is 5.94. The van der Waals surface area contributed by atoms with Gasteiger partial charge in [-0.1, -0.05) is 12.1 Å². The first-order chi connectivity index (χ1) is 11.5. The van der Waals surface area contributed by atoms with Crippen LogP contribution in [0.15, 0.2) is 42.6 Å². The van der Waals surface area contributed by atoms with Crippen molar-refractivity contribution in [2.75, 3.05) is 39.2 Å². The third-order valence-corrected chi connectivity index (χ3v) is 3.84. The molecular formula is C18H21N3O3. The lowest BCUT2D eigenvalue weighted by molar-refractivity contribution is 0.0521. The number of carbonyl (C=O) groups excluding carboxylic acids is 1. The van der Waals surface area contributed by atoms with Gasteiger partial charge in [0.25, 0.3) is 5.91 Å². The second-order valence-electron chi connectivity index (χ2n) is 5.98. The fourth-order valence-electron chi connectivity index (χ4n) is 2.56. The number of nitrogens with zero attached hydrogens (tertiary/aromatic N) is 3. The molecule has 2 aromatic rings. The van der Waals surface area contributed by atoms with Crippen molar-refractivity contribution >= 4 is 11.7 Å². The molecule has 1 aromatic heterocycles. The molecule has 1 aromatic carbocycles. The molecule has 0 aliphatic carbocycles. The maximum Gasteiger partial charge on any atom is 0.253 e. The van der Waals surface area contributed by atoms with Gasteiger partial charge in [0.1, 0.15) is 12.4 Å². The van der Waals surface area contributed by atoms with Crippen molar-refractivity contribution < 1.29 is 14.3 Å². The zero-order chi connectivity index (χ0) is 17.1. The van der Waals surface area contributed by atoms with Crippen molar-refractivity contribution in [2.24, 2.45) is 0 Å². The zero-order valence-electron chi connectivity index (χ0n) is 14.1. The Morgan fingerprint density at radius 2 is 1.96 bits per heavy atom. The summed E-state index contributed by atoms with van der Waals surface area (Å²) >= 11 is 0. The topological polar surface area (TPSA) is 54.9 Å². The quantitative estimate of drug-likeness (QED) is 0.860. The average Bonchev–Trinajstić information content (AvgIpc) is 2.61. The number of ether oxygens (including phenoxy) is 2. The third-order valence-electron chi connectivity index (χ3n) is 3.84. The van der Waals surface area contributed by atoms with Crippen molar-refractivity contribution in [3.63, 3.8) is 0 Å². The van der Waals surface area contributed by atoms with E-state index in [-0.39, 0.29) is 12.0 Å². The number of fused-ring (bicyclic) bond motifs is 1. The van der Waals surface area contributed by atoms with Crippen LogP contribution in [0.3, 0.4) is 0 Å². The summed E-state index contributed by atoms with van der Waals surface area (Å²) in [5, 5.41) is 0. The third kappa shape index (κ3) is 3.42.